The van der Waals surface area contributed by atoms with Crippen LogP contribution in [-0.4, -0.2) is 9.91 Å². The summed E-state index contributed by atoms with van der Waals surface area (Å²) in [7, 11) is 0. The van der Waals surface area contributed by atoms with Gasteiger partial charge in [-0.05, 0) is 11.5 Å². The third-order valence-electron chi connectivity index (χ3n) is 2.07. The Morgan fingerprint density at radius 3 is 2.87 bits per heavy atom. The number of hydrogen-bond acceptors (Lipinski definition) is 4. The van der Waals surface area contributed by atoms with Crippen LogP contribution in [0.4, 0.5) is 5.69 Å². The highest BCUT2D eigenvalue weighted by Gasteiger charge is 2.15. The van der Waals surface area contributed by atoms with Gasteiger partial charge in [-0.2, -0.15) is 5.26 Å². The summed E-state index contributed by atoms with van der Waals surface area (Å²) in [5, 5.41) is 20.5. The van der Waals surface area contributed by atoms with E-state index in [1.165, 1.54) is 12.3 Å². The number of non-ortho nitro benzene ring substituents is 1. The fourth-order valence-corrected chi connectivity index (χ4v) is 1.45. The Kier molecular flexibility index (Phi) is 2.03. The minimum atomic E-state index is -0.509. The second kappa shape index (κ2) is 3.35. The zero-order chi connectivity index (χ0) is 10.8. The SMILES string of the molecule is N#Cc1nccc2cccc([N+](=O)[O-])c12. The van der Waals surface area contributed by atoms with Gasteiger partial charge in [0.15, 0.2) is 5.69 Å². The van der Waals surface area contributed by atoms with E-state index in [2.05, 4.69) is 4.98 Å². The number of nitro benzene ring substituents is 1. The molecule has 5 nitrogen and oxygen atoms in total. The zero-order valence-electron chi connectivity index (χ0n) is 7.54. The van der Waals surface area contributed by atoms with Gasteiger partial charge in [-0.15, -0.1) is 0 Å². The van der Waals surface area contributed by atoms with E-state index in [1.54, 1.807) is 18.2 Å². The van der Waals surface area contributed by atoms with Gasteiger partial charge in [0.2, 0.25) is 0 Å². The summed E-state index contributed by atoms with van der Waals surface area (Å²) in [5.74, 6) is 0. The van der Waals surface area contributed by atoms with Crippen molar-refractivity contribution < 1.29 is 4.92 Å². The van der Waals surface area contributed by atoms with Crippen LogP contribution in [0.5, 0.6) is 0 Å². The molecular formula is C10H5N3O2. The Bertz CT molecular complexity index is 581. The number of hydrogen-bond donors (Lipinski definition) is 0. The Hall–Kier alpha value is -2.48. The molecule has 0 spiro atoms. The maximum absolute atomic E-state index is 10.8. The van der Waals surface area contributed by atoms with Crippen molar-refractivity contribution in [3.8, 4) is 6.07 Å². The van der Waals surface area contributed by atoms with E-state index in [0.717, 1.165) is 0 Å². The number of benzene rings is 1. The third-order valence-corrected chi connectivity index (χ3v) is 2.07. The van der Waals surface area contributed by atoms with Crippen LogP contribution in [0.1, 0.15) is 5.69 Å². The molecule has 5 heteroatoms. The lowest BCUT2D eigenvalue weighted by atomic mass is 10.1. The fraction of sp³-hybridized carbons (Fsp3) is 0. The molecule has 2 aromatic rings. The van der Waals surface area contributed by atoms with Crippen molar-refractivity contribution in [2.24, 2.45) is 0 Å². The summed E-state index contributed by atoms with van der Waals surface area (Å²) in [6.45, 7) is 0. The maximum atomic E-state index is 10.8. The highest BCUT2D eigenvalue weighted by molar-refractivity contribution is 5.94. The van der Waals surface area contributed by atoms with E-state index >= 15 is 0 Å². The molecule has 72 valence electrons. The molecule has 0 N–H and O–H groups in total. The lowest BCUT2D eigenvalue weighted by Crippen LogP contribution is -1.93. The molecule has 0 atom stereocenters. The second-order valence-electron chi connectivity index (χ2n) is 2.90. The molecule has 0 saturated carbocycles. The van der Waals surface area contributed by atoms with Gasteiger partial charge in [0, 0.05) is 12.3 Å². The Morgan fingerprint density at radius 2 is 2.20 bits per heavy atom. The summed E-state index contributed by atoms with van der Waals surface area (Å²) in [4.78, 5) is 14.0. The van der Waals surface area contributed by atoms with Gasteiger partial charge in [-0.25, -0.2) is 4.98 Å². The number of nitro groups is 1. The highest BCUT2D eigenvalue weighted by Crippen LogP contribution is 2.26. The van der Waals surface area contributed by atoms with Crippen LogP contribution in [0.3, 0.4) is 0 Å². The summed E-state index contributed by atoms with van der Waals surface area (Å²) >= 11 is 0. The van der Waals surface area contributed by atoms with Crippen LogP contribution in [0.2, 0.25) is 0 Å². The van der Waals surface area contributed by atoms with Crippen molar-refractivity contribution >= 4 is 16.5 Å². The van der Waals surface area contributed by atoms with Crippen LogP contribution in [0.25, 0.3) is 10.8 Å². The monoisotopic (exact) mass is 199 g/mol. The number of rotatable bonds is 1. The van der Waals surface area contributed by atoms with E-state index in [0.29, 0.717) is 10.8 Å². The first-order valence-electron chi connectivity index (χ1n) is 4.16. The molecule has 0 aliphatic carbocycles. The van der Waals surface area contributed by atoms with Crippen molar-refractivity contribution in [1.29, 1.82) is 5.26 Å². The standard InChI is InChI=1S/C10H5N3O2/c11-6-8-10-7(4-5-12-8)2-1-3-9(10)13(14)15/h1-5H. The summed E-state index contributed by atoms with van der Waals surface area (Å²) in [6, 6.07) is 8.16. The van der Waals surface area contributed by atoms with Gasteiger partial charge in [-0.3, -0.25) is 10.1 Å². The molecule has 1 aromatic heterocycles. The molecule has 0 aliphatic heterocycles. The van der Waals surface area contributed by atoms with Crippen molar-refractivity contribution in [2.45, 2.75) is 0 Å². The number of fused-ring (bicyclic) bond motifs is 1. The van der Waals surface area contributed by atoms with Crippen molar-refractivity contribution in [3.05, 3.63) is 46.3 Å². The maximum Gasteiger partial charge on any atom is 0.280 e. The molecule has 0 saturated heterocycles. The van der Waals surface area contributed by atoms with E-state index < -0.39 is 4.92 Å². The normalized spacial score (nSPS) is 9.80. The molecule has 0 amide bonds. The van der Waals surface area contributed by atoms with Gasteiger partial charge >= 0.3 is 0 Å². The number of aromatic nitrogens is 1. The van der Waals surface area contributed by atoms with Gasteiger partial charge in [-0.1, -0.05) is 12.1 Å². The first kappa shape index (κ1) is 9.09. The Morgan fingerprint density at radius 1 is 1.40 bits per heavy atom. The number of pyridine rings is 1. The smallest absolute Gasteiger partial charge is 0.258 e. The quantitative estimate of drug-likeness (QED) is 0.519. The van der Waals surface area contributed by atoms with Crippen molar-refractivity contribution in [2.75, 3.05) is 0 Å². The van der Waals surface area contributed by atoms with Crippen LogP contribution < -0.4 is 0 Å². The summed E-state index contributed by atoms with van der Waals surface area (Å²) < 4.78 is 0. The summed E-state index contributed by atoms with van der Waals surface area (Å²) in [5.41, 5.74) is -0.00282. The van der Waals surface area contributed by atoms with Crippen LogP contribution in [0, 0.1) is 21.4 Å². The number of nitrogens with zero attached hydrogens (tertiary/aromatic N) is 3. The first-order valence-corrected chi connectivity index (χ1v) is 4.16. The Balaban J connectivity index is 2.95. The largest absolute Gasteiger partial charge is 0.280 e. The molecule has 0 bridgehead atoms. The summed E-state index contributed by atoms with van der Waals surface area (Å²) in [6.07, 6.45) is 1.46. The van der Waals surface area contributed by atoms with Gasteiger partial charge in [0.05, 0.1) is 10.3 Å². The van der Waals surface area contributed by atoms with E-state index in [1.807, 2.05) is 6.07 Å². The molecule has 0 fully saturated rings. The highest BCUT2D eigenvalue weighted by atomic mass is 16.6. The Labute approximate surface area is 84.7 Å². The first-order chi connectivity index (χ1) is 7.24. The lowest BCUT2D eigenvalue weighted by molar-refractivity contribution is -0.383. The average Bonchev–Trinajstić information content (AvgIpc) is 2.27. The molecule has 2 rings (SSSR count). The molecule has 0 unspecified atom stereocenters. The molecule has 15 heavy (non-hydrogen) atoms. The van der Waals surface area contributed by atoms with Gasteiger partial charge < -0.3 is 0 Å². The second-order valence-corrected chi connectivity index (χ2v) is 2.90. The van der Waals surface area contributed by atoms with Crippen LogP contribution in [0.15, 0.2) is 30.5 Å². The zero-order valence-corrected chi connectivity index (χ0v) is 7.54. The molecule has 1 aromatic carbocycles. The average molecular weight is 199 g/mol. The predicted octanol–water partition coefficient (Wildman–Crippen LogP) is 2.01. The van der Waals surface area contributed by atoms with Crippen molar-refractivity contribution in [3.63, 3.8) is 0 Å². The van der Waals surface area contributed by atoms with E-state index in [9.17, 15) is 10.1 Å². The van der Waals surface area contributed by atoms with Crippen molar-refractivity contribution in [1.82, 2.24) is 4.98 Å². The topological polar surface area (TPSA) is 79.8 Å². The van der Waals surface area contributed by atoms with E-state index in [-0.39, 0.29) is 11.4 Å². The predicted molar refractivity (Wildman–Crippen MR) is 53.1 cm³/mol. The molecule has 0 aliphatic rings. The van der Waals surface area contributed by atoms with E-state index in [4.69, 9.17) is 5.26 Å². The number of nitriles is 1. The van der Waals surface area contributed by atoms with Gasteiger partial charge in [0.1, 0.15) is 6.07 Å². The van der Waals surface area contributed by atoms with Crippen LogP contribution in [-0.2, 0) is 0 Å². The minimum absolute atomic E-state index is 0.0831. The third kappa shape index (κ3) is 1.38. The molecular weight excluding hydrogens is 194 g/mol. The van der Waals surface area contributed by atoms with Crippen LogP contribution >= 0.6 is 0 Å². The molecule has 0 radical (unpaired) electrons. The van der Waals surface area contributed by atoms with Gasteiger partial charge in [0.25, 0.3) is 5.69 Å². The molecule has 1 heterocycles. The minimum Gasteiger partial charge on any atom is -0.258 e. The lowest BCUT2D eigenvalue weighted by Gasteiger charge is -1.99. The fourth-order valence-electron chi connectivity index (χ4n) is 1.45.